The molecule has 0 radical (unpaired) electrons. The zero-order valence-electron chi connectivity index (χ0n) is 8.43. The molecule has 0 spiro atoms. The second-order valence-corrected chi connectivity index (χ2v) is 2.75. The molecule has 0 fully saturated rings. The molecule has 0 aliphatic carbocycles. The summed E-state index contributed by atoms with van der Waals surface area (Å²) in [7, 11) is 2.00. The predicted octanol–water partition coefficient (Wildman–Crippen LogP) is 1.30. The molecule has 3 nitrogen and oxygen atoms in total. The highest BCUT2D eigenvalue weighted by molar-refractivity contribution is 4.75. The lowest BCUT2D eigenvalue weighted by molar-refractivity contribution is 0.323. The third kappa shape index (κ3) is 7.41. The number of rotatable bonds is 7. The summed E-state index contributed by atoms with van der Waals surface area (Å²) < 4.78 is 0. The van der Waals surface area contributed by atoms with Gasteiger partial charge in [0, 0.05) is 32.5 Å². The molecule has 0 aliphatic heterocycles. The zero-order chi connectivity index (χ0) is 9.23. The van der Waals surface area contributed by atoms with Crippen molar-refractivity contribution in [3.63, 3.8) is 0 Å². The van der Waals surface area contributed by atoms with Crippen LogP contribution in [0.2, 0.25) is 0 Å². The van der Waals surface area contributed by atoms with Crippen LogP contribution in [0.15, 0.2) is 12.4 Å². The van der Waals surface area contributed by atoms with Gasteiger partial charge in [-0.05, 0) is 13.3 Å². The standard InChI is InChI=1S/C9H21N3/c1-4-6-7-11-12(3)9-8-10-5-2/h8-11H,4-7H2,1-3H3/b9-8-. The second kappa shape index (κ2) is 8.40. The molecule has 2 N–H and O–H groups in total. The van der Waals surface area contributed by atoms with E-state index < -0.39 is 0 Å². The van der Waals surface area contributed by atoms with Crippen molar-refractivity contribution in [3.05, 3.63) is 12.4 Å². The Bertz CT molecular complexity index is 112. The minimum Gasteiger partial charge on any atom is -0.390 e. The SMILES string of the molecule is CCCCNN(C)/C=C\NCC. The minimum atomic E-state index is 0.972. The maximum absolute atomic E-state index is 3.25. The molecule has 72 valence electrons. The largest absolute Gasteiger partial charge is 0.390 e. The first-order chi connectivity index (χ1) is 5.81. The van der Waals surface area contributed by atoms with E-state index in [9.17, 15) is 0 Å². The molecule has 0 unspecified atom stereocenters. The van der Waals surface area contributed by atoms with Crippen molar-refractivity contribution in [3.8, 4) is 0 Å². The first kappa shape index (κ1) is 11.3. The van der Waals surface area contributed by atoms with Crippen LogP contribution >= 0.6 is 0 Å². The van der Waals surface area contributed by atoms with E-state index in [2.05, 4.69) is 24.6 Å². The molecule has 0 aliphatic rings. The summed E-state index contributed by atoms with van der Waals surface area (Å²) in [6, 6.07) is 0. The van der Waals surface area contributed by atoms with Gasteiger partial charge in [0.25, 0.3) is 0 Å². The van der Waals surface area contributed by atoms with Crippen molar-refractivity contribution in [2.45, 2.75) is 26.7 Å². The summed E-state index contributed by atoms with van der Waals surface area (Å²) >= 11 is 0. The topological polar surface area (TPSA) is 27.3 Å². The Labute approximate surface area is 75.8 Å². The van der Waals surface area contributed by atoms with Crippen molar-refractivity contribution in [2.24, 2.45) is 0 Å². The first-order valence-corrected chi connectivity index (χ1v) is 4.67. The van der Waals surface area contributed by atoms with Crippen molar-refractivity contribution >= 4 is 0 Å². The fraction of sp³-hybridized carbons (Fsp3) is 0.778. The Morgan fingerprint density at radius 2 is 2.08 bits per heavy atom. The van der Waals surface area contributed by atoms with E-state index in [4.69, 9.17) is 0 Å². The van der Waals surface area contributed by atoms with E-state index >= 15 is 0 Å². The molecule has 0 atom stereocenters. The van der Waals surface area contributed by atoms with E-state index in [0.717, 1.165) is 13.1 Å². The van der Waals surface area contributed by atoms with Crippen LogP contribution in [0.3, 0.4) is 0 Å². The van der Waals surface area contributed by atoms with E-state index in [1.165, 1.54) is 12.8 Å². The highest BCUT2D eigenvalue weighted by atomic mass is 15.5. The molecule has 0 heterocycles. The summed E-state index contributed by atoms with van der Waals surface area (Å²) in [5.74, 6) is 0. The maximum Gasteiger partial charge on any atom is 0.0311 e. The molecular formula is C9H21N3. The molecule has 0 bridgehead atoms. The van der Waals surface area contributed by atoms with Crippen LogP contribution in [0.5, 0.6) is 0 Å². The molecular weight excluding hydrogens is 150 g/mol. The van der Waals surface area contributed by atoms with Gasteiger partial charge in [-0.25, -0.2) is 5.43 Å². The molecule has 12 heavy (non-hydrogen) atoms. The second-order valence-electron chi connectivity index (χ2n) is 2.75. The summed E-state index contributed by atoms with van der Waals surface area (Å²) in [6.45, 7) is 6.29. The monoisotopic (exact) mass is 171 g/mol. The average molecular weight is 171 g/mol. The summed E-state index contributed by atoms with van der Waals surface area (Å²) in [6.07, 6.45) is 6.38. The van der Waals surface area contributed by atoms with E-state index in [1.54, 1.807) is 0 Å². The summed E-state index contributed by atoms with van der Waals surface area (Å²) in [5.41, 5.74) is 3.25. The minimum absolute atomic E-state index is 0.972. The number of nitrogens with zero attached hydrogens (tertiary/aromatic N) is 1. The predicted molar refractivity (Wildman–Crippen MR) is 53.5 cm³/mol. The van der Waals surface area contributed by atoms with Gasteiger partial charge in [0.15, 0.2) is 0 Å². The number of unbranched alkanes of at least 4 members (excludes halogenated alkanes) is 1. The fourth-order valence-electron chi connectivity index (χ4n) is 0.767. The number of hydrazine groups is 1. The first-order valence-electron chi connectivity index (χ1n) is 4.67. The van der Waals surface area contributed by atoms with Gasteiger partial charge in [-0.15, -0.1) is 0 Å². The van der Waals surface area contributed by atoms with Gasteiger partial charge in [-0.3, -0.25) is 0 Å². The highest BCUT2D eigenvalue weighted by Crippen LogP contribution is 1.84. The molecule has 0 aromatic heterocycles. The average Bonchev–Trinajstić information content (AvgIpc) is 2.06. The molecule has 0 saturated heterocycles. The van der Waals surface area contributed by atoms with Crippen LogP contribution < -0.4 is 10.7 Å². The lowest BCUT2D eigenvalue weighted by atomic mass is 10.3. The molecule has 0 amide bonds. The highest BCUT2D eigenvalue weighted by Gasteiger charge is 1.87. The van der Waals surface area contributed by atoms with Crippen LogP contribution in [-0.4, -0.2) is 25.1 Å². The Balaban J connectivity index is 3.26. The Hall–Kier alpha value is -0.700. The van der Waals surface area contributed by atoms with Crippen molar-refractivity contribution in [2.75, 3.05) is 20.1 Å². The van der Waals surface area contributed by atoms with Gasteiger partial charge >= 0.3 is 0 Å². The Morgan fingerprint density at radius 1 is 1.33 bits per heavy atom. The lowest BCUT2D eigenvalue weighted by Gasteiger charge is -2.14. The van der Waals surface area contributed by atoms with E-state index in [0.29, 0.717) is 0 Å². The molecule has 0 aromatic carbocycles. The van der Waals surface area contributed by atoms with Crippen molar-refractivity contribution < 1.29 is 0 Å². The Kier molecular flexibility index (Phi) is 7.91. The van der Waals surface area contributed by atoms with Crippen LogP contribution in [-0.2, 0) is 0 Å². The maximum atomic E-state index is 3.25. The normalized spacial score (nSPS) is 10.6. The van der Waals surface area contributed by atoms with Gasteiger partial charge in [0.2, 0.25) is 0 Å². The van der Waals surface area contributed by atoms with Gasteiger partial charge in [-0.2, -0.15) is 0 Å². The molecule has 0 rings (SSSR count). The van der Waals surface area contributed by atoms with Gasteiger partial charge < -0.3 is 10.3 Å². The fourth-order valence-corrected chi connectivity index (χ4v) is 0.767. The molecule has 3 heteroatoms. The van der Waals surface area contributed by atoms with E-state index in [1.807, 2.05) is 24.5 Å². The number of hydrogen-bond acceptors (Lipinski definition) is 3. The van der Waals surface area contributed by atoms with Crippen LogP contribution in [0.1, 0.15) is 26.7 Å². The van der Waals surface area contributed by atoms with Gasteiger partial charge in [-0.1, -0.05) is 13.3 Å². The smallest absolute Gasteiger partial charge is 0.0311 e. The van der Waals surface area contributed by atoms with Crippen LogP contribution in [0.4, 0.5) is 0 Å². The third-order valence-electron chi connectivity index (χ3n) is 1.51. The number of hydrogen-bond donors (Lipinski definition) is 2. The zero-order valence-corrected chi connectivity index (χ0v) is 8.43. The third-order valence-corrected chi connectivity index (χ3v) is 1.51. The van der Waals surface area contributed by atoms with Crippen LogP contribution in [0, 0.1) is 0 Å². The van der Waals surface area contributed by atoms with Gasteiger partial charge in [0.05, 0.1) is 0 Å². The molecule has 0 aromatic rings. The Morgan fingerprint density at radius 3 is 2.67 bits per heavy atom. The van der Waals surface area contributed by atoms with Gasteiger partial charge in [0.1, 0.15) is 0 Å². The quantitative estimate of drug-likeness (QED) is 0.446. The molecule has 0 saturated carbocycles. The number of nitrogens with one attached hydrogen (secondary N) is 2. The van der Waals surface area contributed by atoms with Crippen molar-refractivity contribution in [1.29, 1.82) is 0 Å². The lowest BCUT2D eigenvalue weighted by Crippen LogP contribution is -2.30. The van der Waals surface area contributed by atoms with Crippen molar-refractivity contribution in [1.82, 2.24) is 15.8 Å². The summed E-state index contributed by atoms with van der Waals surface area (Å²) in [5, 5.41) is 5.08. The van der Waals surface area contributed by atoms with Crippen LogP contribution in [0.25, 0.3) is 0 Å². The summed E-state index contributed by atoms with van der Waals surface area (Å²) in [4.78, 5) is 0. The van der Waals surface area contributed by atoms with E-state index in [-0.39, 0.29) is 0 Å².